The van der Waals surface area contributed by atoms with Gasteiger partial charge in [0.05, 0.1) is 10.5 Å². The molecule has 2 aromatic rings. The molecule has 0 aliphatic carbocycles. The number of nitrogens with zero attached hydrogens (tertiary/aromatic N) is 2. The number of nitrogens with one attached hydrogen (secondary N) is 2. The maximum Gasteiger partial charge on any atom is 0.269 e. The summed E-state index contributed by atoms with van der Waals surface area (Å²) >= 11 is 0. The zero-order valence-corrected chi connectivity index (χ0v) is 11.6. The van der Waals surface area contributed by atoms with Crippen molar-refractivity contribution in [3.05, 3.63) is 61.7 Å². The van der Waals surface area contributed by atoms with Crippen LogP contribution < -0.4 is 10.9 Å². The second-order valence-electron chi connectivity index (χ2n) is 5.07. The number of H-pyrrole nitrogens is 1. The van der Waals surface area contributed by atoms with Gasteiger partial charge in [0.15, 0.2) is 0 Å². The zero-order chi connectivity index (χ0) is 15.9. The number of hydrogen-bond donors (Lipinski definition) is 2. The maximum atomic E-state index is 12.2. The lowest BCUT2D eigenvalue weighted by molar-refractivity contribution is -0.384. The molecule has 0 saturated carbocycles. The third-order valence-corrected chi connectivity index (χ3v) is 3.58. The standard InChI is InChI=1S/C14H12N4O4/c1-7-15-13-12(14(20)16-7)10(6-11(19)17-13)8-2-4-9(5-3-8)18(21)22/h2-5,10H,6H2,1H3,(H2,15,16,17,19,20). The number of benzene rings is 1. The molecule has 1 atom stereocenters. The van der Waals surface area contributed by atoms with E-state index in [4.69, 9.17) is 0 Å². The molecular formula is C14H12N4O4. The fourth-order valence-electron chi connectivity index (χ4n) is 2.60. The van der Waals surface area contributed by atoms with Gasteiger partial charge in [-0.1, -0.05) is 12.1 Å². The van der Waals surface area contributed by atoms with Crippen molar-refractivity contribution in [1.82, 2.24) is 9.97 Å². The molecule has 1 aromatic carbocycles. The summed E-state index contributed by atoms with van der Waals surface area (Å²) in [5, 5.41) is 13.3. The summed E-state index contributed by atoms with van der Waals surface area (Å²) < 4.78 is 0. The van der Waals surface area contributed by atoms with Crippen LogP contribution in [-0.2, 0) is 4.79 Å². The van der Waals surface area contributed by atoms with Gasteiger partial charge in [-0.15, -0.1) is 0 Å². The minimum atomic E-state index is -0.497. The molecule has 1 aliphatic heterocycles. The fourth-order valence-corrected chi connectivity index (χ4v) is 2.60. The average molecular weight is 300 g/mol. The molecule has 0 bridgehead atoms. The number of rotatable bonds is 2. The Hall–Kier alpha value is -3.03. The summed E-state index contributed by atoms with van der Waals surface area (Å²) in [7, 11) is 0. The number of nitro benzene ring substituents is 1. The first-order chi connectivity index (χ1) is 10.5. The van der Waals surface area contributed by atoms with E-state index in [-0.39, 0.29) is 29.4 Å². The summed E-state index contributed by atoms with van der Waals surface area (Å²) in [5.74, 6) is -0.0518. The minimum Gasteiger partial charge on any atom is -0.310 e. The second kappa shape index (κ2) is 5.06. The number of non-ortho nitro benzene ring substituents is 1. The van der Waals surface area contributed by atoms with Crippen LogP contribution in [0.3, 0.4) is 0 Å². The summed E-state index contributed by atoms with van der Waals surface area (Å²) in [6, 6.07) is 5.84. The van der Waals surface area contributed by atoms with Gasteiger partial charge in [0.25, 0.3) is 11.2 Å². The van der Waals surface area contributed by atoms with Crippen LogP contribution in [0.2, 0.25) is 0 Å². The van der Waals surface area contributed by atoms with Crippen molar-refractivity contribution in [2.24, 2.45) is 0 Å². The van der Waals surface area contributed by atoms with Gasteiger partial charge < -0.3 is 10.3 Å². The van der Waals surface area contributed by atoms with Crippen molar-refractivity contribution >= 4 is 17.4 Å². The molecule has 22 heavy (non-hydrogen) atoms. The lowest BCUT2D eigenvalue weighted by Gasteiger charge is -2.24. The third-order valence-electron chi connectivity index (χ3n) is 3.58. The van der Waals surface area contributed by atoms with E-state index in [9.17, 15) is 19.7 Å². The zero-order valence-electron chi connectivity index (χ0n) is 11.6. The normalized spacial score (nSPS) is 16.8. The summed E-state index contributed by atoms with van der Waals surface area (Å²) in [6.45, 7) is 1.63. The van der Waals surface area contributed by atoms with E-state index in [1.54, 1.807) is 19.1 Å². The number of anilines is 1. The molecule has 0 fully saturated rings. The van der Waals surface area contributed by atoms with Gasteiger partial charge in [0, 0.05) is 24.5 Å². The van der Waals surface area contributed by atoms with Crippen LogP contribution in [0, 0.1) is 17.0 Å². The monoisotopic (exact) mass is 300 g/mol. The summed E-state index contributed by atoms with van der Waals surface area (Å²) in [4.78, 5) is 41.0. The number of carbonyl (C=O) groups excluding carboxylic acids is 1. The molecule has 1 unspecified atom stereocenters. The van der Waals surface area contributed by atoms with E-state index < -0.39 is 10.8 Å². The third kappa shape index (κ3) is 2.34. The van der Waals surface area contributed by atoms with E-state index in [0.29, 0.717) is 17.0 Å². The summed E-state index contributed by atoms with van der Waals surface area (Å²) in [6.07, 6.45) is 0.0959. The lowest BCUT2D eigenvalue weighted by atomic mass is 9.87. The van der Waals surface area contributed by atoms with Crippen molar-refractivity contribution in [2.45, 2.75) is 19.3 Å². The SMILES string of the molecule is Cc1nc2c(c(=O)[nH]1)C(c1ccc([N+](=O)[O-])cc1)CC(=O)N2. The molecular weight excluding hydrogens is 288 g/mol. The number of nitro groups is 1. The van der Waals surface area contributed by atoms with Gasteiger partial charge in [-0.3, -0.25) is 19.7 Å². The van der Waals surface area contributed by atoms with Gasteiger partial charge in [0.1, 0.15) is 11.6 Å². The number of amides is 1. The van der Waals surface area contributed by atoms with Gasteiger partial charge in [-0.05, 0) is 12.5 Å². The van der Waals surface area contributed by atoms with Crippen LogP contribution in [0.1, 0.15) is 29.3 Å². The number of aromatic amines is 1. The molecule has 0 radical (unpaired) electrons. The van der Waals surface area contributed by atoms with E-state index >= 15 is 0 Å². The molecule has 1 amide bonds. The first-order valence-electron chi connectivity index (χ1n) is 6.60. The number of fused-ring (bicyclic) bond motifs is 1. The van der Waals surface area contributed by atoms with Crippen LogP contribution in [0.5, 0.6) is 0 Å². The molecule has 2 heterocycles. The number of aromatic nitrogens is 2. The molecule has 8 heteroatoms. The fraction of sp³-hybridized carbons (Fsp3) is 0.214. The maximum absolute atomic E-state index is 12.2. The lowest BCUT2D eigenvalue weighted by Crippen LogP contribution is -2.31. The Labute approximate surface area is 124 Å². The van der Waals surface area contributed by atoms with Crippen molar-refractivity contribution < 1.29 is 9.72 Å². The Morgan fingerprint density at radius 1 is 1.27 bits per heavy atom. The Balaban J connectivity index is 2.11. The highest BCUT2D eigenvalue weighted by molar-refractivity contribution is 5.94. The number of hydrogen-bond acceptors (Lipinski definition) is 5. The molecule has 112 valence electrons. The van der Waals surface area contributed by atoms with Gasteiger partial charge in [-0.25, -0.2) is 4.98 Å². The highest BCUT2D eigenvalue weighted by Gasteiger charge is 2.30. The molecule has 1 aliphatic rings. The Kier molecular flexibility index (Phi) is 3.21. The van der Waals surface area contributed by atoms with Crippen molar-refractivity contribution in [1.29, 1.82) is 0 Å². The molecule has 0 saturated heterocycles. The summed E-state index contributed by atoms with van der Waals surface area (Å²) in [5.41, 5.74) is 0.683. The van der Waals surface area contributed by atoms with E-state index in [1.165, 1.54) is 12.1 Å². The van der Waals surface area contributed by atoms with Crippen LogP contribution >= 0.6 is 0 Å². The molecule has 8 nitrogen and oxygen atoms in total. The predicted molar refractivity (Wildman–Crippen MR) is 77.8 cm³/mol. The minimum absolute atomic E-state index is 0.0415. The molecule has 1 aromatic heterocycles. The van der Waals surface area contributed by atoms with Crippen molar-refractivity contribution in [2.75, 3.05) is 5.32 Å². The van der Waals surface area contributed by atoms with Crippen molar-refractivity contribution in [3.8, 4) is 0 Å². The van der Waals surface area contributed by atoms with E-state index in [0.717, 1.165) is 0 Å². The highest BCUT2D eigenvalue weighted by atomic mass is 16.6. The van der Waals surface area contributed by atoms with Crippen LogP contribution in [0.4, 0.5) is 11.5 Å². The number of aryl methyl sites for hydroxylation is 1. The Bertz CT molecular complexity index is 826. The first-order valence-corrected chi connectivity index (χ1v) is 6.60. The Morgan fingerprint density at radius 3 is 2.59 bits per heavy atom. The smallest absolute Gasteiger partial charge is 0.269 e. The van der Waals surface area contributed by atoms with Crippen LogP contribution in [0.15, 0.2) is 29.1 Å². The van der Waals surface area contributed by atoms with E-state index in [1.807, 2.05) is 0 Å². The predicted octanol–water partition coefficient (Wildman–Crippen LogP) is 1.46. The van der Waals surface area contributed by atoms with Gasteiger partial charge in [0.2, 0.25) is 5.91 Å². The van der Waals surface area contributed by atoms with Crippen molar-refractivity contribution in [3.63, 3.8) is 0 Å². The first kappa shape index (κ1) is 13.9. The Morgan fingerprint density at radius 2 is 1.95 bits per heavy atom. The van der Waals surface area contributed by atoms with Gasteiger partial charge in [-0.2, -0.15) is 0 Å². The molecule has 3 rings (SSSR count). The second-order valence-corrected chi connectivity index (χ2v) is 5.07. The number of carbonyl (C=O) groups is 1. The largest absolute Gasteiger partial charge is 0.310 e. The average Bonchev–Trinajstić information content (AvgIpc) is 2.45. The highest BCUT2D eigenvalue weighted by Crippen LogP contribution is 2.34. The molecule has 2 N–H and O–H groups in total. The van der Waals surface area contributed by atoms with Gasteiger partial charge >= 0.3 is 0 Å². The molecule has 0 spiro atoms. The topological polar surface area (TPSA) is 118 Å². The van der Waals surface area contributed by atoms with E-state index in [2.05, 4.69) is 15.3 Å². The quantitative estimate of drug-likeness (QED) is 0.643. The van der Waals surface area contributed by atoms with Crippen LogP contribution in [-0.4, -0.2) is 20.8 Å². The van der Waals surface area contributed by atoms with Crippen LogP contribution in [0.25, 0.3) is 0 Å².